The van der Waals surface area contributed by atoms with E-state index in [4.69, 9.17) is 19.3 Å². The summed E-state index contributed by atoms with van der Waals surface area (Å²) in [7, 11) is -4.16. The first kappa shape index (κ1) is 21.3. The Hall–Kier alpha value is -1.03. The highest BCUT2D eigenvalue weighted by Crippen LogP contribution is 2.34. The lowest BCUT2D eigenvalue weighted by molar-refractivity contribution is -0.278. The summed E-state index contributed by atoms with van der Waals surface area (Å²) >= 11 is 0. The predicted octanol–water partition coefficient (Wildman–Crippen LogP) is 1.86. The van der Waals surface area contributed by atoms with Crippen LogP contribution in [-0.4, -0.2) is 55.5 Å². The van der Waals surface area contributed by atoms with E-state index in [2.05, 4.69) is 0 Å². The van der Waals surface area contributed by atoms with Gasteiger partial charge in [0.05, 0.1) is 19.3 Å². The van der Waals surface area contributed by atoms with Gasteiger partial charge in [0.1, 0.15) is 11.9 Å². The molecule has 2 N–H and O–H groups in total. The Labute approximate surface area is 155 Å². The smallest absolute Gasteiger partial charge is 0.267 e. The molecule has 0 radical (unpaired) electrons. The highest BCUT2D eigenvalue weighted by Gasteiger charge is 2.44. The summed E-state index contributed by atoms with van der Waals surface area (Å²) in [6, 6.07) is 9.71. The molecular formula is C18H28O7S. The maximum Gasteiger partial charge on any atom is 0.267 e. The number of rotatable bonds is 9. The first-order chi connectivity index (χ1) is 12.3. The van der Waals surface area contributed by atoms with Crippen LogP contribution in [0, 0.1) is 11.8 Å². The van der Waals surface area contributed by atoms with E-state index in [0.29, 0.717) is 13.0 Å². The van der Waals surface area contributed by atoms with Gasteiger partial charge in [-0.15, -0.1) is 0 Å². The lowest BCUT2D eigenvalue weighted by atomic mass is 9.84. The zero-order chi connectivity index (χ0) is 19.2. The second-order valence-electron chi connectivity index (χ2n) is 6.72. The van der Waals surface area contributed by atoms with Gasteiger partial charge in [0.15, 0.2) is 6.29 Å². The van der Waals surface area contributed by atoms with Crippen molar-refractivity contribution in [1.82, 2.24) is 0 Å². The standard InChI is InChI=1S/C18H28O7S/c1-13-14(2)17(24-11-15-7-4-3-5-8-15)18(23-10-6-9-19)25-16(13)12-26(20,21)22/h3-5,7-8,13-14,16-19H,6,9-12H2,1-2H3,(H,20,21,22)/t13-,14-,16+,17+,18-/m0/s1. The Morgan fingerprint density at radius 1 is 1.12 bits per heavy atom. The maximum atomic E-state index is 11.3. The van der Waals surface area contributed by atoms with E-state index in [1.807, 2.05) is 44.2 Å². The predicted molar refractivity (Wildman–Crippen MR) is 96.1 cm³/mol. The van der Waals surface area contributed by atoms with Gasteiger partial charge in [-0.2, -0.15) is 8.42 Å². The van der Waals surface area contributed by atoms with E-state index in [1.54, 1.807) is 0 Å². The zero-order valence-corrected chi connectivity index (χ0v) is 16.0. The van der Waals surface area contributed by atoms with Gasteiger partial charge in [0.2, 0.25) is 0 Å². The minimum atomic E-state index is -4.16. The van der Waals surface area contributed by atoms with Crippen LogP contribution in [0.15, 0.2) is 30.3 Å². The van der Waals surface area contributed by atoms with Gasteiger partial charge in [-0.1, -0.05) is 44.2 Å². The zero-order valence-electron chi connectivity index (χ0n) is 15.2. The summed E-state index contributed by atoms with van der Waals surface area (Å²) < 4.78 is 49.3. The summed E-state index contributed by atoms with van der Waals surface area (Å²) in [6.07, 6.45) is -1.39. The third-order valence-electron chi connectivity index (χ3n) is 4.76. The van der Waals surface area contributed by atoms with E-state index in [0.717, 1.165) is 5.56 Å². The van der Waals surface area contributed by atoms with Crippen molar-refractivity contribution < 1.29 is 32.3 Å². The van der Waals surface area contributed by atoms with Gasteiger partial charge < -0.3 is 19.3 Å². The first-order valence-electron chi connectivity index (χ1n) is 8.80. The molecule has 2 rings (SSSR count). The van der Waals surface area contributed by atoms with E-state index in [1.165, 1.54) is 0 Å². The molecule has 1 aromatic rings. The number of aliphatic hydroxyl groups is 1. The fraction of sp³-hybridized carbons (Fsp3) is 0.667. The minimum Gasteiger partial charge on any atom is -0.396 e. The number of ether oxygens (including phenoxy) is 3. The van der Waals surface area contributed by atoms with Crippen LogP contribution >= 0.6 is 0 Å². The highest BCUT2D eigenvalue weighted by molar-refractivity contribution is 7.85. The van der Waals surface area contributed by atoms with Crippen molar-refractivity contribution in [2.45, 2.75) is 45.4 Å². The number of hydrogen-bond donors (Lipinski definition) is 2. The summed E-state index contributed by atoms with van der Waals surface area (Å²) in [4.78, 5) is 0. The molecule has 1 fully saturated rings. The topological polar surface area (TPSA) is 102 Å². The summed E-state index contributed by atoms with van der Waals surface area (Å²) in [6.45, 7) is 4.48. The van der Waals surface area contributed by atoms with E-state index in [9.17, 15) is 13.0 Å². The van der Waals surface area contributed by atoms with E-state index < -0.39 is 28.3 Å². The largest absolute Gasteiger partial charge is 0.396 e. The molecule has 0 aliphatic carbocycles. The van der Waals surface area contributed by atoms with Gasteiger partial charge >= 0.3 is 0 Å². The molecule has 1 aromatic carbocycles. The number of aliphatic hydroxyl groups excluding tert-OH is 1. The molecule has 0 bridgehead atoms. The van der Waals surface area contributed by atoms with E-state index in [-0.39, 0.29) is 31.2 Å². The fourth-order valence-electron chi connectivity index (χ4n) is 3.05. The maximum absolute atomic E-state index is 11.3. The third kappa shape index (κ3) is 6.29. The molecule has 1 aliphatic rings. The first-order valence-corrected chi connectivity index (χ1v) is 10.4. The number of hydrogen-bond acceptors (Lipinski definition) is 6. The lowest BCUT2D eigenvalue weighted by Crippen LogP contribution is -2.53. The van der Waals surface area contributed by atoms with Crippen molar-refractivity contribution in [2.24, 2.45) is 11.8 Å². The van der Waals surface area contributed by atoms with Crippen molar-refractivity contribution in [3.63, 3.8) is 0 Å². The van der Waals surface area contributed by atoms with Gasteiger partial charge in [0.25, 0.3) is 10.1 Å². The van der Waals surface area contributed by atoms with Crippen LogP contribution in [0.4, 0.5) is 0 Å². The van der Waals surface area contributed by atoms with Crippen LogP contribution in [0.25, 0.3) is 0 Å². The fourth-order valence-corrected chi connectivity index (χ4v) is 3.85. The molecule has 8 heteroatoms. The molecule has 0 saturated carbocycles. The molecule has 7 nitrogen and oxygen atoms in total. The Morgan fingerprint density at radius 2 is 1.81 bits per heavy atom. The van der Waals surface area contributed by atoms with Crippen LogP contribution in [0.3, 0.4) is 0 Å². The monoisotopic (exact) mass is 388 g/mol. The second kappa shape index (κ2) is 9.77. The van der Waals surface area contributed by atoms with Crippen LogP contribution in [0.1, 0.15) is 25.8 Å². The summed E-state index contributed by atoms with van der Waals surface area (Å²) in [5, 5.41) is 8.95. The average molecular weight is 388 g/mol. The van der Waals surface area contributed by atoms with Crippen LogP contribution in [0.5, 0.6) is 0 Å². The van der Waals surface area contributed by atoms with Crippen molar-refractivity contribution in [3.8, 4) is 0 Å². The second-order valence-corrected chi connectivity index (χ2v) is 8.22. The van der Waals surface area contributed by atoms with Crippen LogP contribution < -0.4 is 0 Å². The molecular weight excluding hydrogens is 360 g/mol. The molecule has 0 spiro atoms. The van der Waals surface area contributed by atoms with Crippen molar-refractivity contribution >= 4 is 10.1 Å². The Kier molecular flexibility index (Phi) is 8.00. The molecule has 1 aliphatic heterocycles. The van der Waals surface area contributed by atoms with Gasteiger partial charge in [-0.05, 0) is 23.8 Å². The Balaban J connectivity index is 2.09. The van der Waals surface area contributed by atoms with E-state index >= 15 is 0 Å². The van der Waals surface area contributed by atoms with Gasteiger partial charge in [0, 0.05) is 6.61 Å². The Bertz CT molecular complexity index is 634. The van der Waals surface area contributed by atoms with Crippen molar-refractivity contribution in [3.05, 3.63) is 35.9 Å². The molecule has 1 saturated heterocycles. The summed E-state index contributed by atoms with van der Waals surface area (Å²) in [5.74, 6) is -0.669. The Morgan fingerprint density at radius 3 is 2.42 bits per heavy atom. The molecule has 0 amide bonds. The molecule has 0 aromatic heterocycles. The van der Waals surface area contributed by atoms with Crippen molar-refractivity contribution in [1.29, 1.82) is 0 Å². The molecule has 1 heterocycles. The third-order valence-corrected chi connectivity index (χ3v) is 5.51. The highest BCUT2D eigenvalue weighted by atomic mass is 32.2. The quantitative estimate of drug-likeness (QED) is 0.492. The minimum absolute atomic E-state index is 0.0112. The normalized spacial score (nSPS) is 29.6. The number of benzene rings is 1. The molecule has 26 heavy (non-hydrogen) atoms. The van der Waals surface area contributed by atoms with Gasteiger partial charge in [-0.3, -0.25) is 4.55 Å². The van der Waals surface area contributed by atoms with Crippen LogP contribution in [0.2, 0.25) is 0 Å². The average Bonchev–Trinajstić information content (AvgIpc) is 2.59. The van der Waals surface area contributed by atoms with Crippen LogP contribution in [-0.2, 0) is 30.9 Å². The van der Waals surface area contributed by atoms with Gasteiger partial charge in [-0.25, -0.2) is 0 Å². The molecule has 0 unspecified atom stereocenters. The van der Waals surface area contributed by atoms with Crippen molar-refractivity contribution in [2.75, 3.05) is 19.0 Å². The summed E-state index contributed by atoms with van der Waals surface area (Å²) in [5.41, 5.74) is 1.02. The molecule has 148 valence electrons. The lowest BCUT2D eigenvalue weighted by Gasteiger charge is -2.44. The molecule has 5 atom stereocenters. The SMILES string of the molecule is C[C@H]1[C@H](C)[C@@H](CS(=O)(=O)O)O[C@H](OCCCO)[C@@H]1OCc1ccccc1.